The molecule has 3 N–H and O–H groups in total. The summed E-state index contributed by atoms with van der Waals surface area (Å²) in [4.78, 5) is 24.5. The van der Waals surface area contributed by atoms with E-state index in [2.05, 4.69) is 15.3 Å². The van der Waals surface area contributed by atoms with Crippen LogP contribution in [0.2, 0.25) is 0 Å². The first-order valence-corrected chi connectivity index (χ1v) is 12.5. The van der Waals surface area contributed by atoms with E-state index in [-0.39, 0.29) is 11.6 Å². The molecule has 2 amide bonds. The molecule has 2 aliphatic rings. The molecule has 0 radical (unpaired) electrons. The van der Waals surface area contributed by atoms with Crippen LogP contribution in [0.4, 0.5) is 25.1 Å². The van der Waals surface area contributed by atoms with Crippen LogP contribution in [0.15, 0.2) is 47.9 Å². The van der Waals surface area contributed by atoms with Crippen molar-refractivity contribution in [1.82, 2.24) is 25.0 Å². The number of amides is 2. The number of nitrogens with one attached hydrogen (secondary N) is 1. The van der Waals surface area contributed by atoms with Crippen LogP contribution in [0.25, 0.3) is 11.3 Å². The summed E-state index contributed by atoms with van der Waals surface area (Å²) in [6.45, 7) is 1.52. The second-order valence-corrected chi connectivity index (χ2v) is 9.23. The van der Waals surface area contributed by atoms with Crippen LogP contribution in [-0.4, -0.2) is 59.1 Å². The van der Waals surface area contributed by atoms with E-state index in [9.17, 15) is 13.6 Å². The van der Waals surface area contributed by atoms with Crippen molar-refractivity contribution in [2.75, 3.05) is 32.1 Å². The fraction of sp³-hybridized carbons (Fsp3) is 0.333. The standard InChI is InChI=1S/C27H30F2N8O/c1-31-14-18(13-30)20-11-17-5-4-9-36(24(17)12-21(20)25(28)29)26-22-16-35(27(38)32-2)10-7-23(22)37(34-26)19-6-3-8-33-15-19/h3,6,8,11-15,25H,4-5,7,9-10,16,30H2,1-2H3,(H,32,38). The van der Waals surface area contributed by atoms with E-state index in [1.807, 2.05) is 21.7 Å². The lowest BCUT2D eigenvalue weighted by Gasteiger charge is -2.33. The molecular weight excluding hydrogens is 490 g/mol. The van der Waals surface area contributed by atoms with Gasteiger partial charge in [-0.2, -0.15) is 0 Å². The summed E-state index contributed by atoms with van der Waals surface area (Å²) in [6, 6.07) is 6.95. The molecule has 9 nitrogen and oxygen atoms in total. The molecule has 2 aliphatic heterocycles. The van der Waals surface area contributed by atoms with Crippen molar-refractivity contribution >= 4 is 29.3 Å². The van der Waals surface area contributed by atoms with Gasteiger partial charge < -0.3 is 20.9 Å². The number of aromatic nitrogens is 3. The Kier molecular flexibility index (Phi) is 7.08. The Morgan fingerprint density at radius 3 is 2.79 bits per heavy atom. The smallest absolute Gasteiger partial charge is 0.317 e. The molecule has 1 aromatic carbocycles. The normalized spacial score (nSPS) is 15.7. The number of nitrogens with zero attached hydrogens (tertiary/aromatic N) is 6. The Labute approximate surface area is 219 Å². The maximum absolute atomic E-state index is 14.3. The van der Waals surface area contributed by atoms with Crippen molar-refractivity contribution < 1.29 is 13.6 Å². The van der Waals surface area contributed by atoms with Crippen LogP contribution < -0.4 is 16.0 Å². The first-order chi connectivity index (χ1) is 18.5. The topological polar surface area (TPSA) is 105 Å². The number of hydrogen-bond acceptors (Lipinski definition) is 6. The van der Waals surface area contributed by atoms with Crippen molar-refractivity contribution in [2.45, 2.75) is 32.2 Å². The number of fused-ring (bicyclic) bond motifs is 2. The molecule has 0 saturated carbocycles. The van der Waals surface area contributed by atoms with Crippen LogP contribution in [0.5, 0.6) is 0 Å². The molecule has 11 heteroatoms. The lowest BCUT2D eigenvalue weighted by atomic mass is 9.92. The highest BCUT2D eigenvalue weighted by atomic mass is 19.3. The summed E-state index contributed by atoms with van der Waals surface area (Å²) in [5, 5.41) is 7.68. The predicted molar refractivity (Wildman–Crippen MR) is 143 cm³/mol. The zero-order valence-corrected chi connectivity index (χ0v) is 21.4. The summed E-state index contributed by atoms with van der Waals surface area (Å²) in [5.41, 5.74) is 10.8. The monoisotopic (exact) mass is 520 g/mol. The van der Waals surface area contributed by atoms with Gasteiger partial charge in [0.05, 0.1) is 24.1 Å². The fourth-order valence-electron chi connectivity index (χ4n) is 5.28. The van der Waals surface area contributed by atoms with Crippen LogP contribution >= 0.6 is 0 Å². The molecule has 38 heavy (non-hydrogen) atoms. The number of pyridine rings is 1. The Morgan fingerprint density at radius 2 is 2.11 bits per heavy atom. The van der Waals surface area contributed by atoms with Crippen LogP contribution in [-0.2, 0) is 19.4 Å². The largest absolute Gasteiger partial charge is 0.404 e. The van der Waals surface area contributed by atoms with Gasteiger partial charge in [-0.25, -0.2) is 18.3 Å². The van der Waals surface area contributed by atoms with Gasteiger partial charge in [-0.1, -0.05) is 0 Å². The zero-order valence-electron chi connectivity index (χ0n) is 21.4. The summed E-state index contributed by atoms with van der Waals surface area (Å²) >= 11 is 0. The van der Waals surface area contributed by atoms with Crippen molar-refractivity contribution in [3.8, 4) is 5.69 Å². The van der Waals surface area contributed by atoms with Gasteiger partial charge in [0, 0.05) is 74.6 Å². The maximum atomic E-state index is 14.3. The van der Waals surface area contributed by atoms with E-state index >= 15 is 0 Å². The third kappa shape index (κ3) is 4.48. The number of benzene rings is 1. The number of alkyl halides is 2. The summed E-state index contributed by atoms with van der Waals surface area (Å²) in [6.07, 6.45) is 5.69. The van der Waals surface area contributed by atoms with Gasteiger partial charge in [0.15, 0.2) is 5.82 Å². The quantitative estimate of drug-likeness (QED) is 0.495. The predicted octanol–water partition coefficient (Wildman–Crippen LogP) is 3.99. The van der Waals surface area contributed by atoms with Gasteiger partial charge in [0.1, 0.15) is 0 Å². The summed E-state index contributed by atoms with van der Waals surface area (Å²) in [7, 11) is 3.19. The van der Waals surface area contributed by atoms with E-state index in [4.69, 9.17) is 10.8 Å². The Bertz CT molecular complexity index is 1400. The molecule has 0 atom stereocenters. The van der Waals surface area contributed by atoms with E-state index in [1.54, 1.807) is 43.5 Å². The van der Waals surface area contributed by atoms with Gasteiger partial charge in [0.2, 0.25) is 0 Å². The zero-order chi connectivity index (χ0) is 26.8. The van der Waals surface area contributed by atoms with Gasteiger partial charge in [-0.15, -0.1) is 5.10 Å². The van der Waals surface area contributed by atoms with E-state index in [1.165, 1.54) is 12.4 Å². The Morgan fingerprint density at radius 1 is 1.26 bits per heavy atom. The molecule has 0 unspecified atom stereocenters. The number of anilines is 2. The highest BCUT2D eigenvalue weighted by Crippen LogP contribution is 2.42. The first kappa shape index (κ1) is 25.4. The minimum atomic E-state index is -2.70. The number of allylic oxidation sites excluding steroid dienone is 1. The van der Waals surface area contributed by atoms with Crippen molar-refractivity contribution in [2.24, 2.45) is 10.7 Å². The maximum Gasteiger partial charge on any atom is 0.317 e. The van der Waals surface area contributed by atoms with Gasteiger partial charge in [0.25, 0.3) is 6.43 Å². The minimum Gasteiger partial charge on any atom is -0.404 e. The number of urea groups is 1. The molecule has 0 bridgehead atoms. The average molecular weight is 521 g/mol. The number of rotatable bonds is 5. The summed E-state index contributed by atoms with van der Waals surface area (Å²) in [5.74, 6) is 0.663. The molecule has 2 aromatic heterocycles. The molecule has 5 rings (SSSR count). The molecular formula is C27H30F2N8O. The van der Waals surface area contributed by atoms with E-state index < -0.39 is 6.43 Å². The number of nitrogens with two attached hydrogens (primary N) is 1. The van der Waals surface area contributed by atoms with Crippen molar-refractivity contribution in [3.05, 3.63) is 70.8 Å². The average Bonchev–Trinajstić information content (AvgIpc) is 3.33. The van der Waals surface area contributed by atoms with Crippen LogP contribution in [0, 0.1) is 0 Å². The molecule has 0 aliphatic carbocycles. The van der Waals surface area contributed by atoms with Crippen molar-refractivity contribution in [1.29, 1.82) is 0 Å². The first-order valence-electron chi connectivity index (χ1n) is 12.5. The highest BCUT2D eigenvalue weighted by molar-refractivity contribution is 6.10. The minimum absolute atomic E-state index is 0.111. The van der Waals surface area contributed by atoms with Crippen LogP contribution in [0.1, 0.15) is 40.8 Å². The van der Waals surface area contributed by atoms with Crippen molar-refractivity contribution in [3.63, 3.8) is 0 Å². The van der Waals surface area contributed by atoms with Gasteiger partial charge in [-0.05, 0) is 48.2 Å². The second kappa shape index (κ2) is 10.6. The number of carbonyl (C=O) groups excluding carboxylic acids is 1. The molecule has 3 aromatic rings. The highest BCUT2D eigenvalue weighted by Gasteiger charge is 2.33. The lowest BCUT2D eigenvalue weighted by Crippen LogP contribution is -2.41. The third-order valence-electron chi connectivity index (χ3n) is 7.05. The molecule has 0 fully saturated rings. The van der Waals surface area contributed by atoms with Gasteiger partial charge in [-0.3, -0.25) is 9.98 Å². The third-order valence-corrected chi connectivity index (χ3v) is 7.05. The summed E-state index contributed by atoms with van der Waals surface area (Å²) < 4.78 is 30.5. The number of carbonyl (C=O) groups is 1. The molecule has 4 heterocycles. The van der Waals surface area contributed by atoms with Crippen LogP contribution in [0.3, 0.4) is 0 Å². The molecule has 0 saturated heterocycles. The number of aryl methyl sites for hydroxylation is 1. The number of halogens is 2. The van der Waals surface area contributed by atoms with E-state index in [0.29, 0.717) is 48.7 Å². The lowest BCUT2D eigenvalue weighted by molar-refractivity contribution is 0.151. The Hall–Kier alpha value is -4.28. The Balaban J connectivity index is 1.67. The van der Waals surface area contributed by atoms with E-state index in [0.717, 1.165) is 35.3 Å². The molecule has 198 valence electrons. The van der Waals surface area contributed by atoms with Gasteiger partial charge >= 0.3 is 6.03 Å². The SMILES string of the molecule is CN=CC(=CN)c1cc2c(cc1C(F)F)N(c1nn(-c3cccnc3)c3c1CN(C(=O)NC)CC3)CCC2. The molecule has 0 spiro atoms. The second-order valence-electron chi connectivity index (χ2n) is 9.23. The number of hydrogen-bond donors (Lipinski definition) is 2. The number of aliphatic imine (C=N–C) groups is 1. The fourth-order valence-corrected chi connectivity index (χ4v) is 5.28.